The Morgan fingerprint density at radius 1 is 0.905 bits per heavy atom. The van der Waals surface area contributed by atoms with Crippen molar-refractivity contribution in [2.24, 2.45) is 0 Å². The van der Waals surface area contributed by atoms with Gasteiger partial charge in [0.05, 0.1) is 7.11 Å². The SMILES string of the molecule is COc1ccc(CNc2ccccc2Br)c2ccccc12. The molecule has 0 spiro atoms. The van der Waals surface area contributed by atoms with E-state index in [1.165, 1.54) is 10.9 Å². The van der Waals surface area contributed by atoms with E-state index in [1.54, 1.807) is 7.11 Å². The van der Waals surface area contributed by atoms with Gasteiger partial charge in [-0.3, -0.25) is 0 Å². The summed E-state index contributed by atoms with van der Waals surface area (Å²) in [5.41, 5.74) is 2.35. The molecular weight excluding hydrogens is 326 g/mol. The number of ether oxygens (including phenoxy) is 1. The van der Waals surface area contributed by atoms with Gasteiger partial charge in [0, 0.05) is 22.1 Å². The first-order chi connectivity index (χ1) is 10.3. The average Bonchev–Trinajstić information content (AvgIpc) is 2.54. The summed E-state index contributed by atoms with van der Waals surface area (Å²) in [5, 5.41) is 5.83. The molecule has 0 heterocycles. The van der Waals surface area contributed by atoms with Gasteiger partial charge >= 0.3 is 0 Å². The molecule has 0 unspecified atom stereocenters. The first-order valence-corrected chi connectivity index (χ1v) is 7.62. The first-order valence-electron chi connectivity index (χ1n) is 6.82. The Labute approximate surface area is 132 Å². The highest BCUT2D eigenvalue weighted by Gasteiger charge is 2.06. The second kappa shape index (κ2) is 6.19. The molecule has 1 N–H and O–H groups in total. The van der Waals surface area contributed by atoms with Gasteiger partial charge in [-0.05, 0) is 45.1 Å². The van der Waals surface area contributed by atoms with E-state index in [0.29, 0.717) is 0 Å². The number of anilines is 1. The highest BCUT2D eigenvalue weighted by molar-refractivity contribution is 9.10. The van der Waals surface area contributed by atoms with Gasteiger partial charge in [-0.1, -0.05) is 42.5 Å². The van der Waals surface area contributed by atoms with Crippen LogP contribution in [-0.2, 0) is 6.54 Å². The van der Waals surface area contributed by atoms with E-state index in [-0.39, 0.29) is 0 Å². The number of methoxy groups -OCH3 is 1. The molecule has 0 bridgehead atoms. The van der Waals surface area contributed by atoms with Gasteiger partial charge in [-0.15, -0.1) is 0 Å². The summed E-state index contributed by atoms with van der Waals surface area (Å²) in [4.78, 5) is 0. The number of hydrogen-bond donors (Lipinski definition) is 1. The Balaban J connectivity index is 1.93. The van der Waals surface area contributed by atoms with Crippen molar-refractivity contribution in [2.75, 3.05) is 12.4 Å². The molecule has 0 saturated carbocycles. The van der Waals surface area contributed by atoms with Gasteiger partial charge in [-0.25, -0.2) is 0 Å². The number of halogens is 1. The summed E-state index contributed by atoms with van der Waals surface area (Å²) < 4.78 is 6.51. The van der Waals surface area contributed by atoms with Crippen molar-refractivity contribution in [1.82, 2.24) is 0 Å². The zero-order chi connectivity index (χ0) is 14.7. The molecule has 0 saturated heterocycles. The Kier molecular flexibility index (Phi) is 4.11. The molecule has 3 heteroatoms. The van der Waals surface area contributed by atoms with Crippen LogP contribution in [0.4, 0.5) is 5.69 Å². The molecule has 0 atom stereocenters. The van der Waals surface area contributed by atoms with E-state index < -0.39 is 0 Å². The van der Waals surface area contributed by atoms with Crippen LogP contribution in [0.15, 0.2) is 65.1 Å². The van der Waals surface area contributed by atoms with E-state index in [0.717, 1.165) is 27.8 Å². The molecule has 21 heavy (non-hydrogen) atoms. The van der Waals surface area contributed by atoms with Crippen molar-refractivity contribution in [3.63, 3.8) is 0 Å². The van der Waals surface area contributed by atoms with Crippen molar-refractivity contribution < 1.29 is 4.74 Å². The number of para-hydroxylation sites is 1. The maximum Gasteiger partial charge on any atom is 0.126 e. The van der Waals surface area contributed by atoms with Crippen LogP contribution in [0.3, 0.4) is 0 Å². The molecule has 0 aliphatic carbocycles. The Hall–Kier alpha value is -2.00. The minimum atomic E-state index is 0.771. The lowest BCUT2D eigenvalue weighted by molar-refractivity contribution is 0.419. The van der Waals surface area contributed by atoms with Crippen molar-refractivity contribution in [1.29, 1.82) is 0 Å². The fourth-order valence-corrected chi connectivity index (χ4v) is 2.89. The van der Waals surface area contributed by atoms with Crippen molar-refractivity contribution in [2.45, 2.75) is 6.54 Å². The third-order valence-corrected chi connectivity index (χ3v) is 4.23. The van der Waals surface area contributed by atoms with Gasteiger partial charge in [0.15, 0.2) is 0 Å². The normalized spacial score (nSPS) is 10.6. The van der Waals surface area contributed by atoms with Crippen LogP contribution in [0.25, 0.3) is 10.8 Å². The predicted molar refractivity (Wildman–Crippen MR) is 92.0 cm³/mol. The Morgan fingerprint density at radius 3 is 2.38 bits per heavy atom. The lowest BCUT2D eigenvalue weighted by atomic mass is 10.0. The second-order valence-electron chi connectivity index (χ2n) is 4.81. The quantitative estimate of drug-likeness (QED) is 0.702. The molecule has 3 aromatic carbocycles. The molecule has 0 aliphatic heterocycles. The first kappa shape index (κ1) is 14.0. The minimum absolute atomic E-state index is 0.771. The van der Waals surface area contributed by atoms with E-state index in [4.69, 9.17) is 4.74 Å². The molecule has 0 fully saturated rings. The van der Waals surface area contributed by atoms with Crippen LogP contribution in [0, 0.1) is 0 Å². The minimum Gasteiger partial charge on any atom is -0.496 e. The lowest BCUT2D eigenvalue weighted by Gasteiger charge is -2.13. The highest BCUT2D eigenvalue weighted by atomic mass is 79.9. The van der Waals surface area contributed by atoms with Crippen LogP contribution in [0.2, 0.25) is 0 Å². The zero-order valence-electron chi connectivity index (χ0n) is 11.8. The summed E-state index contributed by atoms with van der Waals surface area (Å²) in [6.07, 6.45) is 0. The topological polar surface area (TPSA) is 21.3 Å². The lowest BCUT2D eigenvalue weighted by Crippen LogP contribution is -2.01. The smallest absolute Gasteiger partial charge is 0.126 e. The molecule has 0 aromatic heterocycles. The van der Waals surface area contributed by atoms with Crippen LogP contribution >= 0.6 is 15.9 Å². The molecule has 0 amide bonds. The summed E-state index contributed by atoms with van der Waals surface area (Å²) in [5.74, 6) is 0.912. The predicted octanol–water partition coefficient (Wildman–Crippen LogP) is 5.22. The van der Waals surface area contributed by atoms with Gasteiger partial charge in [0.1, 0.15) is 5.75 Å². The van der Waals surface area contributed by atoms with Crippen molar-refractivity contribution in [3.05, 3.63) is 70.7 Å². The highest BCUT2D eigenvalue weighted by Crippen LogP contribution is 2.29. The van der Waals surface area contributed by atoms with Crippen LogP contribution in [0.1, 0.15) is 5.56 Å². The number of fused-ring (bicyclic) bond motifs is 1. The maximum atomic E-state index is 5.44. The monoisotopic (exact) mass is 341 g/mol. The molecule has 2 nitrogen and oxygen atoms in total. The third kappa shape index (κ3) is 2.88. The van der Waals surface area contributed by atoms with Gasteiger partial charge < -0.3 is 10.1 Å². The van der Waals surface area contributed by atoms with Gasteiger partial charge in [0.2, 0.25) is 0 Å². The maximum absolute atomic E-state index is 5.44. The number of hydrogen-bond acceptors (Lipinski definition) is 2. The molecular formula is C18H16BrNO. The molecule has 3 rings (SSSR count). The fourth-order valence-electron chi connectivity index (χ4n) is 2.46. The van der Waals surface area contributed by atoms with Crippen molar-refractivity contribution in [3.8, 4) is 5.75 Å². The van der Waals surface area contributed by atoms with Gasteiger partial charge in [0.25, 0.3) is 0 Å². The molecule has 106 valence electrons. The van der Waals surface area contributed by atoms with E-state index in [2.05, 4.69) is 51.6 Å². The van der Waals surface area contributed by atoms with E-state index in [9.17, 15) is 0 Å². The molecule has 0 radical (unpaired) electrons. The zero-order valence-corrected chi connectivity index (χ0v) is 13.4. The summed E-state index contributed by atoms with van der Waals surface area (Å²) in [6, 6.07) is 20.6. The molecule has 0 aliphatic rings. The van der Waals surface area contributed by atoms with Crippen LogP contribution in [0.5, 0.6) is 5.75 Å². The standard InChI is InChI=1S/C18H16BrNO/c1-21-18-11-10-13(14-6-2-3-7-15(14)18)12-20-17-9-5-4-8-16(17)19/h2-11,20H,12H2,1H3. The number of rotatable bonds is 4. The average molecular weight is 342 g/mol. The summed E-state index contributed by atoms with van der Waals surface area (Å²) in [6.45, 7) is 0.771. The summed E-state index contributed by atoms with van der Waals surface area (Å²) in [7, 11) is 1.71. The van der Waals surface area contributed by atoms with E-state index >= 15 is 0 Å². The van der Waals surface area contributed by atoms with Crippen LogP contribution < -0.4 is 10.1 Å². The van der Waals surface area contributed by atoms with Gasteiger partial charge in [-0.2, -0.15) is 0 Å². The Bertz CT molecular complexity index is 770. The number of nitrogens with one attached hydrogen (secondary N) is 1. The van der Waals surface area contributed by atoms with E-state index in [1.807, 2.05) is 30.3 Å². The Morgan fingerprint density at radius 2 is 1.62 bits per heavy atom. The molecule has 3 aromatic rings. The largest absolute Gasteiger partial charge is 0.496 e. The third-order valence-electron chi connectivity index (χ3n) is 3.54. The van der Waals surface area contributed by atoms with Crippen LogP contribution in [-0.4, -0.2) is 7.11 Å². The summed E-state index contributed by atoms with van der Waals surface area (Å²) >= 11 is 3.56. The second-order valence-corrected chi connectivity index (χ2v) is 5.66. The number of benzene rings is 3. The fraction of sp³-hybridized carbons (Fsp3) is 0.111. The van der Waals surface area contributed by atoms with Crippen molar-refractivity contribution >= 4 is 32.4 Å².